The zero-order valence-electron chi connectivity index (χ0n) is 14.7. The van der Waals surface area contributed by atoms with Crippen LogP contribution in [0, 0.1) is 0 Å². The summed E-state index contributed by atoms with van der Waals surface area (Å²) in [6.07, 6.45) is -0.951. The van der Waals surface area contributed by atoms with Gasteiger partial charge in [0.15, 0.2) is 5.82 Å². The highest BCUT2D eigenvalue weighted by Gasteiger charge is 2.31. The number of alkyl halides is 3. The molecule has 0 radical (unpaired) electrons. The first kappa shape index (κ1) is 19.7. The molecular formula is C19H13Cl2F3N4O. The van der Waals surface area contributed by atoms with Gasteiger partial charge in [-0.25, -0.2) is 4.98 Å². The SMILES string of the molecule is O=c1c(Cl)c(NC2CCc3c(Cl)cccc32)cnn1-c1ccc(C(F)(F)F)cn1. The molecule has 2 aromatic heterocycles. The normalized spacial score (nSPS) is 16.0. The smallest absolute Gasteiger partial charge is 0.376 e. The van der Waals surface area contributed by atoms with Crippen LogP contribution in [0.15, 0.2) is 47.5 Å². The summed E-state index contributed by atoms with van der Waals surface area (Å²) in [5.41, 5.74) is 0.809. The van der Waals surface area contributed by atoms with Gasteiger partial charge in [-0.15, -0.1) is 0 Å². The second kappa shape index (κ2) is 7.35. The van der Waals surface area contributed by atoms with E-state index in [1.807, 2.05) is 18.2 Å². The van der Waals surface area contributed by atoms with E-state index in [2.05, 4.69) is 15.4 Å². The number of nitrogens with one attached hydrogen (secondary N) is 1. The molecule has 10 heteroatoms. The first-order valence-electron chi connectivity index (χ1n) is 8.61. The van der Waals surface area contributed by atoms with Crippen LogP contribution < -0.4 is 10.9 Å². The number of anilines is 1. The first-order valence-corrected chi connectivity index (χ1v) is 9.36. The Labute approximate surface area is 173 Å². The summed E-state index contributed by atoms with van der Waals surface area (Å²) in [6.45, 7) is 0. The van der Waals surface area contributed by atoms with Crippen molar-refractivity contribution in [3.8, 4) is 5.82 Å². The molecule has 0 spiro atoms. The minimum absolute atomic E-state index is 0.0607. The van der Waals surface area contributed by atoms with E-state index in [1.165, 1.54) is 6.20 Å². The Balaban J connectivity index is 1.62. The average Bonchev–Trinajstić information content (AvgIpc) is 3.09. The maximum Gasteiger partial charge on any atom is 0.417 e. The van der Waals surface area contributed by atoms with Crippen LogP contribution in [0.1, 0.15) is 29.2 Å². The molecule has 1 atom stereocenters. The molecule has 0 saturated carbocycles. The Hall–Kier alpha value is -2.58. The van der Waals surface area contributed by atoms with Crippen LogP contribution in [0.4, 0.5) is 18.9 Å². The van der Waals surface area contributed by atoms with Crippen molar-refractivity contribution >= 4 is 28.9 Å². The molecule has 1 unspecified atom stereocenters. The maximum atomic E-state index is 12.7. The molecule has 1 aliphatic rings. The number of nitrogens with zero attached hydrogens (tertiary/aromatic N) is 3. The lowest BCUT2D eigenvalue weighted by atomic mass is 10.1. The van der Waals surface area contributed by atoms with Gasteiger partial charge in [0.1, 0.15) is 5.02 Å². The summed E-state index contributed by atoms with van der Waals surface area (Å²) in [4.78, 5) is 16.3. The van der Waals surface area contributed by atoms with Crippen LogP contribution in [0.25, 0.3) is 5.82 Å². The zero-order chi connectivity index (χ0) is 20.8. The van der Waals surface area contributed by atoms with Crippen molar-refractivity contribution in [2.75, 3.05) is 5.32 Å². The average molecular weight is 441 g/mol. The summed E-state index contributed by atoms with van der Waals surface area (Å²) in [5.74, 6) is -0.0607. The molecule has 1 aromatic carbocycles. The number of halogens is 5. The van der Waals surface area contributed by atoms with Crippen molar-refractivity contribution in [2.45, 2.75) is 25.1 Å². The van der Waals surface area contributed by atoms with Gasteiger partial charge in [0.25, 0.3) is 5.56 Å². The second-order valence-corrected chi connectivity index (χ2v) is 7.32. The van der Waals surface area contributed by atoms with Gasteiger partial charge < -0.3 is 5.32 Å². The Bertz CT molecular complexity index is 1130. The number of rotatable bonds is 3. The van der Waals surface area contributed by atoms with E-state index in [4.69, 9.17) is 23.2 Å². The minimum Gasteiger partial charge on any atom is -0.376 e. The Morgan fingerprint density at radius 2 is 1.93 bits per heavy atom. The van der Waals surface area contributed by atoms with E-state index < -0.39 is 17.3 Å². The van der Waals surface area contributed by atoms with Gasteiger partial charge in [-0.05, 0) is 42.2 Å². The molecule has 29 heavy (non-hydrogen) atoms. The van der Waals surface area contributed by atoms with E-state index in [0.29, 0.717) is 16.9 Å². The number of hydrogen-bond acceptors (Lipinski definition) is 4. The Morgan fingerprint density at radius 3 is 2.62 bits per heavy atom. The van der Waals surface area contributed by atoms with Crippen molar-refractivity contribution in [1.82, 2.24) is 14.8 Å². The van der Waals surface area contributed by atoms with Gasteiger partial charge in [-0.1, -0.05) is 35.3 Å². The number of pyridine rings is 1. The fraction of sp³-hybridized carbons (Fsp3) is 0.211. The Kier molecular flexibility index (Phi) is 5.00. The van der Waals surface area contributed by atoms with Crippen molar-refractivity contribution in [1.29, 1.82) is 0 Å². The number of hydrogen-bond donors (Lipinski definition) is 1. The Morgan fingerprint density at radius 1 is 1.14 bits per heavy atom. The van der Waals surface area contributed by atoms with Crippen molar-refractivity contribution in [3.05, 3.63) is 79.8 Å². The fourth-order valence-corrected chi connectivity index (χ4v) is 3.78. The van der Waals surface area contributed by atoms with Crippen LogP contribution in [-0.2, 0) is 12.6 Å². The third-order valence-electron chi connectivity index (χ3n) is 4.75. The second-order valence-electron chi connectivity index (χ2n) is 6.54. The molecule has 150 valence electrons. The highest BCUT2D eigenvalue weighted by Crippen LogP contribution is 2.38. The van der Waals surface area contributed by atoms with Gasteiger partial charge in [0.05, 0.1) is 23.5 Å². The van der Waals surface area contributed by atoms with Crippen molar-refractivity contribution < 1.29 is 13.2 Å². The van der Waals surface area contributed by atoms with Crippen LogP contribution in [0.3, 0.4) is 0 Å². The molecule has 0 saturated heterocycles. The molecule has 1 N–H and O–H groups in total. The summed E-state index contributed by atoms with van der Waals surface area (Å²) in [6, 6.07) is 7.46. The largest absolute Gasteiger partial charge is 0.417 e. The third kappa shape index (κ3) is 3.70. The minimum atomic E-state index is -4.52. The van der Waals surface area contributed by atoms with E-state index in [0.717, 1.165) is 40.8 Å². The van der Waals surface area contributed by atoms with E-state index in [-0.39, 0.29) is 16.9 Å². The van der Waals surface area contributed by atoms with Gasteiger partial charge in [0, 0.05) is 11.2 Å². The number of aromatic nitrogens is 3. The predicted molar refractivity (Wildman–Crippen MR) is 104 cm³/mol. The standard InChI is InChI=1S/C19H13Cl2F3N4O/c20-13-3-1-2-12-11(13)5-6-14(12)27-15-9-26-28(18(29)17(15)21)16-7-4-10(8-25-16)19(22,23)24/h1-4,7-9,14,27H,5-6H2. The lowest BCUT2D eigenvalue weighted by Gasteiger charge is -2.17. The summed E-state index contributed by atoms with van der Waals surface area (Å²) >= 11 is 12.4. The molecule has 0 amide bonds. The molecular weight excluding hydrogens is 428 g/mol. The van der Waals surface area contributed by atoms with Crippen LogP contribution >= 0.6 is 23.2 Å². The van der Waals surface area contributed by atoms with E-state index >= 15 is 0 Å². The van der Waals surface area contributed by atoms with Gasteiger partial charge in [-0.3, -0.25) is 4.79 Å². The van der Waals surface area contributed by atoms with E-state index in [9.17, 15) is 18.0 Å². The van der Waals surface area contributed by atoms with Gasteiger partial charge >= 0.3 is 6.18 Å². The maximum absolute atomic E-state index is 12.7. The molecule has 0 aliphatic heterocycles. The molecule has 1 aliphatic carbocycles. The molecule has 4 rings (SSSR count). The number of fused-ring (bicyclic) bond motifs is 1. The monoisotopic (exact) mass is 440 g/mol. The van der Waals surface area contributed by atoms with Crippen molar-refractivity contribution in [3.63, 3.8) is 0 Å². The predicted octanol–water partition coefficient (Wildman–Crippen LogP) is 5.05. The lowest BCUT2D eigenvalue weighted by molar-refractivity contribution is -0.137. The highest BCUT2D eigenvalue weighted by atomic mass is 35.5. The number of benzene rings is 1. The molecule has 3 aromatic rings. The summed E-state index contributed by atoms with van der Waals surface area (Å²) in [7, 11) is 0. The van der Waals surface area contributed by atoms with Gasteiger partial charge in [0.2, 0.25) is 0 Å². The topological polar surface area (TPSA) is 59.8 Å². The van der Waals surface area contributed by atoms with Crippen LogP contribution in [-0.4, -0.2) is 14.8 Å². The first-order chi connectivity index (χ1) is 13.8. The van der Waals surface area contributed by atoms with Crippen LogP contribution in [0.2, 0.25) is 10.0 Å². The summed E-state index contributed by atoms with van der Waals surface area (Å²) in [5, 5.41) is 7.78. The highest BCUT2D eigenvalue weighted by molar-refractivity contribution is 6.33. The van der Waals surface area contributed by atoms with Gasteiger partial charge in [-0.2, -0.15) is 23.0 Å². The third-order valence-corrected chi connectivity index (χ3v) is 5.47. The van der Waals surface area contributed by atoms with Crippen LogP contribution in [0.5, 0.6) is 0 Å². The molecule has 0 bridgehead atoms. The molecule has 0 fully saturated rings. The summed E-state index contributed by atoms with van der Waals surface area (Å²) < 4.78 is 38.9. The van der Waals surface area contributed by atoms with E-state index in [1.54, 1.807) is 0 Å². The fourth-order valence-electron chi connectivity index (χ4n) is 3.32. The lowest BCUT2D eigenvalue weighted by Crippen LogP contribution is -2.24. The van der Waals surface area contributed by atoms with Crippen molar-refractivity contribution in [2.24, 2.45) is 0 Å². The molecule has 5 nitrogen and oxygen atoms in total. The quantitative estimate of drug-likeness (QED) is 0.618. The molecule has 2 heterocycles. The zero-order valence-corrected chi connectivity index (χ0v) is 16.2.